The van der Waals surface area contributed by atoms with E-state index in [2.05, 4.69) is 4.98 Å². The summed E-state index contributed by atoms with van der Waals surface area (Å²) in [6.45, 7) is 2.33. The van der Waals surface area contributed by atoms with Gasteiger partial charge in [0.2, 0.25) is 0 Å². The van der Waals surface area contributed by atoms with Gasteiger partial charge in [0.1, 0.15) is 12.7 Å². The fraction of sp³-hybridized carbons (Fsp3) is 0.371. The molecule has 4 aromatic rings. The molecule has 1 saturated heterocycles. The van der Waals surface area contributed by atoms with Gasteiger partial charge in [-0.3, -0.25) is 0 Å². The molecule has 1 aromatic heterocycles. The molecule has 5 atom stereocenters. The van der Waals surface area contributed by atoms with Crippen molar-refractivity contribution in [2.45, 2.75) is 50.2 Å². The summed E-state index contributed by atoms with van der Waals surface area (Å²) in [6.07, 6.45) is -10.1. The highest BCUT2D eigenvalue weighted by atomic mass is 19.4. The van der Waals surface area contributed by atoms with Gasteiger partial charge in [-0.05, 0) is 78.6 Å². The molecule has 2 heterocycles. The highest BCUT2D eigenvalue weighted by Crippen LogP contribution is 2.49. The number of carbonyl (C=O) groups excluding carboxylic acids is 1. The average Bonchev–Trinajstić information content (AvgIpc) is 3.69. The molecule has 0 amide bonds. The van der Waals surface area contributed by atoms with Crippen molar-refractivity contribution in [2.24, 2.45) is 11.8 Å². The van der Waals surface area contributed by atoms with E-state index in [4.69, 9.17) is 13.9 Å². The summed E-state index contributed by atoms with van der Waals surface area (Å²) in [4.78, 5) is 18.9. The van der Waals surface area contributed by atoms with Crippen LogP contribution in [-0.4, -0.2) is 41.9 Å². The zero-order valence-electron chi connectivity index (χ0n) is 25.7. The van der Waals surface area contributed by atoms with E-state index < -0.39 is 53.8 Å². The van der Waals surface area contributed by atoms with Crippen LogP contribution >= 0.6 is 0 Å². The number of esters is 1. The number of carbonyl (C=O) groups is 1. The Morgan fingerprint density at radius 1 is 0.958 bits per heavy atom. The topological polar surface area (TPSA) is 85.0 Å². The fourth-order valence-corrected chi connectivity index (χ4v) is 6.94. The smallest absolute Gasteiger partial charge is 0.416 e. The van der Waals surface area contributed by atoms with Crippen molar-refractivity contribution in [1.82, 2.24) is 4.98 Å². The van der Waals surface area contributed by atoms with Crippen molar-refractivity contribution in [3.63, 3.8) is 0 Å². The molecule has 13 heteroatoms. The quantitative estimate of drug-likeness (QED) is 0.149. The number of alkyl halides is 6. The zero-order chi connectivity index (χ0) is 34.2. The Hall–Kier alpha value is -4.52. The molecule has 2 fully saturated rings. The fourth-order valence-electron chi connectivity index (χ4n) is 6.94. The first-order valence-electron chi connectivity index (χ1n) is 15.4. The van der Waals surface area contributed by atoms with Crippen LogP contribution in [0.15, 0.2) is 83.5 Å². The lowest BCUT2D eigenvalue weighted by molar-refractivity contribution is -0.143. The molecule has 1 N–H and O–H groups in total. The van der Waals surface area contributed by atoms with E-state index >= 15 is 0 Å². The number of hydrogen-bond donors (Lipinski definition) is 1. The number of nitrogens with zero attached hydrogens (tertiary/aromatic N) is 2. The number of halogens is 6. The molecule has 0 unspecified atom stereocenters. The molecule has 0 radical (unpaired) electrons. The molecule has 0 spiro atoms. The summed E-state index contributed by atoms with van der Waals surface area (Å²) in [6, 6.07) is 17.0. The average molecular weight is 675 g/mol. The second-order valence-electron chi connectivity index (χ2n) is 12.2. The Morgan fingerprint density at radius 2 is 1.62 bits per heavy atom. The Balaban J connectivity index is 1.38. The minimum atomic E-state index is -5.08. The minimum absolute atomic E-state index is 0.0610. The van der Waals surface area contributed by atoms with Gasteiger partial charge in [-0.1, -0.05) is 42.5 Å². The predicted molar refractivity (Wildman–Crippen MR) is 161 cm³/mol. The Bertz CT molecular complexity index is 1710. The van der Waals surface area contributed by atoms with Crippen LogP contribution in [0.4, 0.5) is 32.4 Å². The third-order valence-electron chi connectivity index (χ3n) is 9.17. The maximum Gasteiger partial charge on any atom is 0.416 e. The summed E-state index contributed by atoms with van der Waals surface area (Å²) in [5.74, 6) is -1.34. The molecule has 1 aliphatic heterocycles. The lowest BCUT2D eigenvalue weighted by atomic mass is 9.68. The number of fused-ring (bicyclic) bond motifs is 1. The lowest BCUT2D eigenvalue weighted by Crippen LogP contribution is -2.39. The van der Waals surface area contributed by atoms with Gasteiger partial charge in [-0.2, -0.15) is 31.3 Å². The molecule has 2 aliphatic rings. The molecule has 1 aliphatic carbocycles. The van der Waals surface area contributed by atoms with Gasteiger partial charge in [0.15, 0.2) is 6.26 Å². The number of aromatic nitrogens is 1. The number of aryl methyl sites for hydroxylation is 1. The van der Waals surface area contributed by atoms with Crippen LogP contribution in [0.5, 0.6) is 5.88 Å². The van der Waals surface area contributed by atoms with Gasteiger partial charge in [0.05, 0.1) is 22.8 Å². The van der Waals surface area contributed by atoms with Gasteiger partial charge < -0.3 is 23.9 Å². The van der Waals surface area contributed by atoms with Crippen molar-refractivity contribution in [1.29, 1.82) is 0 Å². The van der Waals surface area contributed by atoms with Crippen LogP contribution in [0.3, 0.4) is 0 Å². The van der Waals surface area contributed by atoms with Crippen LogP contribution in [0.2, 0.25) is 0 Å². The second kappa shape index (κ2) is 13.2. The number of rotatable bonds is 8. The highest BCUT2D eigenvalue weighted by molar-refractivity contribution is 5.89. The third-order valence-corrected chi connectivity index (χ3v) is 9.17. The Kier molecular flexibility index (Phi) is 9.16. The molecule has 1 saturated carbocycles. The number of hydrogen-bond acceptors (Lipinski definition) is 7. The summed E-state index contributed by atoms with van der Waals surface area (Å²) < 4.78 is 101. The van der Waals surface area contributed by atoms with E-state index in [9.17, 15) is 36.2 Å². The van der Waals surface area contributed by atoms with Crippen LogP contribution in [0, 0.1) is 18.8 Å². The largest absolute Gasteiger partial charge is 0.491 e. The van der Waals surface area contributed by atoms with Gasteiger partial charge >= 0.3 is 24.3 Å². The van der Waals surface area contributed by atoms with Crippen molar-refractivity contribution in [3.8, 4) is 5.88 Å². The van der Waals surface area contributed by atoms with Crippen LogP contribution < -0.4 is 4.90 Å². The van der Waals surface area contributed by atoms with E-state index in [-0.39, 0.29) is 41.3 Å². The van der Waals surface area contributed by atoms with Gasteiger partial charge in [0, 0.05) is 19.0 Å². The van der Waals surface area contributed by atoms with E-state index in [1.54, 1.807) is 18.2 Å². The van der Waals surface area contributed by atoms with Crippen molar-refractivity contribution in [3.05, 3.63) is 112 Å². The number of oxazole rings is 1. The van der Waals surface area contributed by atoms with E-state index in [1.807, 2.05) is 36.1 Å². The van der Waals surface area contributed by atoms with Crippen molar-refractivity contribution >= 4 is 12.0 Å². The third kappa shape index (κ3) is 7.15. The number of anilines is 1. The molecule has 254 valence electrons. The maximum atomic E-state index is 13.9. The van der Waals surface area contributed by atoms with Gasteiger partial charge in [-0.15, -0.1) is 0 Å². The summed E-state index contributed by atoms with van der Waals surface area (Å²) in [5, 5.41) is 9.76. The predicted octanol–water partition coefficient (Wildman–Crippen LogP) is 8.34. The molecule has 48 heavy (non-hydrogen) atoms. The van der Waals surface area contributed by atoms with E-state index in [1.165, 1.54) is 12.1 Å². The van der Waals surface area contributed by atoms with E-state index in [0.29, 0.717) is 38.1 Å². The summed E-state index contributed by atoms with van der Waals surface area (Å²) in [5.41, 5.74) is -1.36. The van der Waals surface area contributed by atoms with Crippen LogP contribution in [0.25, 0.3) is 0 Å². The Labute approximate surface area is 272 Å². The van der Waals surface area contributed by atoms with Crippen molar-refractivity contribution < 1.29 is 50.1 Å². The zero-order valence-corrected chi connectivity index (χ0v) is 25.7. The monoisotopic (exact) mass is 674 g/mol. The molecular weight excluding hydrogens is 642 g/mol. The first kappa shape index (κ1) is 33.4. The minimum Gasteiger partial charge on any atom is -0.491 e. The normalized spacial score (nSPS) is 21.9. The van der Waals surface area contributed by atoms with Crippen LogP contribution in [0.1, 0.15) is 63.0 Å². The summed E-state index contributed by atoms with van der Waals surface area (Å²) >= 11 is 0. The van der Waals surface area contributed by atoms with Crippen molar-refractivity contribution in [2.75, 3.05) is 24.6 Å². The first-order valence-corrected chi connectivity index (χ1v) is 15.4. The number of aromatic hydroxyl groups is 1. The SMILES string of the molecule is Cc1ccccc1[C@H]1[C@@H]2CN(c3nc(O)co3)C[C@H]2CC[C@@H]1O[C@H](COC(=O)c1ccccc1)c1cc(C(F)(F)F)cc(C(F)(F)F)c1. The first-order chi connectivity index (χ1) is 22.8. The lowest BCUT2D eigenvalue weighted by Gasteiger charge is -2.41. The van der Waals surface area contributed by atoms with Gasteiger partial charge in [0.25, 0.3) is 5.88 Å². The molecular formula is C35H32F6N2O5. The molecule has 0 bridgehead atoms. The molecule has 6 rings (SSSR count). The van der Waals surface area contributed by atoms with Gasteiger partial charge in [-0.25, -0.2) is 4.79 Å². The Morgan fingerprint density at radius 3 is 2.25 bits per heavy atom. The highest BCUT2D eigenvalue weighted by Gasteiger charge is 2.48. The van der Waals surface area contributed by atoms with E-state index in [0.717, 1.165) is 17.4 Å². The second-order valence-corrected chi connectivity index (χ2v) is 12.2. The molecule has 7 nitrogen and oxygen atoms in total. The number of ether oxygens (including phenoxy) is 2. The summed E-state index contributed by atoms with van der Waals surface area (Å²) in [7, 11) is 0. The maximum absolute atomic E-state index is 13.9. The van der Waals surface area contributed by atoms with Crippen LogP contribution in [-0.2, 0) is 21.8 Å². The molecule has 3 aromatic carbocycles. The standard InChI is InChI=1S/C35H32F6N2O5/c1-20-7-5-6-10-26(20)31-27-17-43(33-42-30(44)19-47-33)16-22(27)11-12-28(31)48-29(18-46-32(45)21-8-3-2-4-9-21)23-13-24(34(36,37)38)15-25(14-23)35(39,40)41/h2-10,13-15,19,22,27-29,31,44H,11-12,16-18H2,1H3/t22-,27-,28+,29-,31+/m1/s1. The number of benzene rings is 3.